The first-order chi connectivity index (χ1) is 11.3. The largest absolute Gasteiger partial charge is 0.352 e. The normalized spacial score (nSPS) is 17.2. The van der Waals surface area contributed by atoms with Crippen LogP contribution in [0, 0.1) is 20.2 Å². The fraction of sp³-hybridized carbons (Fsp3) is 0.538. The minimum Gasteiger partial charge on any atom is -0.352 e. The molecule has 0 unspecified atom stereocenters. The molecule has 0 radical (unpaired) electrons. The summed E-state index contributed by atoms with van der Waals surface area (Å²) in [7, 11) is 2.19. The summed E-state index contributed by atoms with van der Waals surface area (Å²) in [6.45, 7) is 0.973. The zero-order valence-corrected chi connectivity index (χ0v) is 13.1. The summed E-state index contributed by atoms with van der Waals surface area (Å²) in [5.41, 5.74) is 1.53. The standard InChI is InChI=1S/C13H17N3.2HNO3/c1-16-12(11-4-8-14-9-5-11)15-10-13(16)6-2-3-7-13;2*2-1(3)4/h4-5,8-9H,2-3,6-7,10H2,1H3;2*(H,2,3,4). The maximum atomic E-state index is 8.36. The van der Waals surface area contributed by atoms with E-state index in [1.165, 1.54) is 31.2 Å². The molecule has 1 spiro atoms. The summed E-state index contributed by atoms with van der Waals surface area (Å²) in [6, 6.07) is 4.09. The molecule has 0 saturated heterocycles. The number of aliphatic imine (C=N–C) groups is 1. The minimum absolute atomic E-state index is 0.332. The molecule has 1 aromatic rings. The van der Waals surface area contributed by atoms with E-state index in [2.05, 4.69) is 16.9 Å². The Bertz CT molecular complexity index is 568. The number of nitrogens with zero attached hydrogens (tertiary/aromatic N) is 5. The summed E-state index contributed by atoms with van der Waals surface area (Å²) in [6.07, 6.45) is 8.97. The highest BCUT2D eigenvalue weighted by Gasteiger charge is 2.42. The second kappa shape index (κ2) is 8.60. The van der Waals surface area contributed by atoms with Crippen LogP contribution in [-0.2, 0) is 0 Å². The van der Waals surface area contributed by atoms with Crippen LogP contribution in [0.1, 0.15) is 31.2 Å². The first-order valence-electron chi connectivity index (χ1n) is 7.14. The Hall–Kier alpha value is -2.98. The van der Waals surface area contributed by atoms with Crippen LogP contribution in [-0.4, -0.2) is 55.4 Å². The first-order valence-corrected chi connectivity index (χ1v) is 7.14. The van der Waals surface area contributed by atoms with Gasteiger partial charge in [-0.15, -0.1) is 20.2 Å². The van der Waals surface area contributed by atoms with Crippen LogP contribution in [0.15, 0.2) is 29.5 Å². The Morgan fingerprint density at radius 1 is 1.12 bits per heavy atom. The molecule has 132 valence electrons. The summed E-state index contributed by atoms with van der Waals surface area (Å²) < 4.78 is 0. The number of hydrogen-bond acceptors (Lipinski definition) is 7. The molecule has 2 aliphatic rings. The first kappa shape index (κ1) is 19.1. The zero-order chi connectivity index (χ0) is 18.2. The van der Waals surface area contributed by atoms with Crippen molar-refractivity contribution in [3.05, 3.63) is 50.3 Å². The van der Waals surface area contributed by atoms with E-state index in [0.29, 0.717) is 5.54 Å². The van der Waals surface area contributed by atoms with Gasteiger partial charge in [-0.3, -0.25) is 9.98 Å². The molecule has 0 bridgehead atoms. The van der Waals surface area contributed by atoms with E-state index in [0.717, 1.165) is 12.4 Å². The molecular weight excluding hydrogens is 322 g/mol. The van der Waals surface area contributed by atoms with Crippen LogP contribution in [0.5, 0.6) is 0 Å². The van der Waals surface area contributed by atoms with Gasteiger partial charge in [-0.05, 0) is 25.0 Å². The van der Waals surface area contributed by atoms with Gasteiger partial charge in [0.2, 0.25) is 0 Å². The molecule has 2 heterocycles. The molecule has 1 aliphatic heterocycles. The number of rotatable bonds is 1. The van der Waals surface area contributed by atoms with Crippen LogP contribution in [0.2, 0.25) is 0 Å². The number of aromatic nitrogens is 1. The number of likely N-dealkylation sites (N-methyl/N-ethyl adjacent to an activating group) is 1. The summed E-state index contributed by atoms with van der Waals surface area (Å²) in [5.74, 6) is 1.14. The molecule has 1 saturated carbocycles. The summed E-state index contributed by atoms with van der Waals surface area (Å²) in [4.78, 5) is 27.9. The van der Waals surface area contributed by atoms with Crippen molar-refractivity contribution in [1.29, 1.82) is 0 Å². The lowest BCUT2D eigenvalue weighted by molar-refractivity contribution is -0.742. The molecule has 0 atom stereocenters. The van der Waals surface area contributed by atoms with Crippen molar-refractivity contribution in [3.63, 3.8) is 0 Å². The van der Waals surface area contributed by atoms with Crippen LogP contribution < -0.4 is 0 Å². The number of hydrogen-bond donors (Lipinski definition) is 2. The molecule has 0 amide bonds. The van der Waals surface area contributed by atoms with E-state index < -0.39 is 10.2 Å². The van der Waals surface area contributed by atoms with E-state index in [1.807, 2.05) is 24.5 Å². The predicted octanol–water partition coefficient (Wildman–Crippen LogP) is 1.39. The molecule has 11 heteroatoms. The van der Waals surface area contributed by atoms with Crippen molar-refractivity contribution in [1.82, 2.24) is 9.88 Å². The van der Waals surface area contributed by atoms with E-state index in [1.54, 1.807) is 0 Å². The Labute approximate surface area is 137 Å². The van der Waals surface area contributed by atoms with Gasteiger partial charge in [-0.2, -0.15) is 0 Å². The topological polar surface area (TPSA) is 155 Å². The Kier molecular flexibility index (Phi) is 6.83. The van der Waals surface area contributed by atoms with Crippen LogP contribution >= 0.6 is 0 Å². The molecule has 3 rings (SSSR count). The van der Waals surface area contributed by atoms with E-state index in [-0.39, 0.29) is 0 Å². The molecular formula is C13H19N5O6. The lowest BCUT2D eigenvalue weighted by Gasteiger charge is -2.33. The molecule has 1 aromatic heterocycles. The molecule has 24 heavy (non-hydrogen) atoms. The highest BCUT2D eigenvalue weighted by atomic mass is 16.9. The average molecular weight is 341 g/mol. The average Bonchev–Trinajstić information content (AvgIpc) is 3.09. The quantitative estimate of drug-likeness (QED) is 0.573. The van der Waals surface area contributed by atoms with Gasteiger partial charge in [0.05, 0.1) is 12.1 Å². The fourth-order valence-electron chi connectivity index (χ4n) is 2.97. The SMILES string of the molecule is CN1C(c2ccncc2)=NCC12CCCC2.O=[N+]([O-])O.O=[N+]([O-])O. The number of pyridine rings is 1. The van der Waals surface area contributed by atoms with Gasteiger partial charge < -0.3 is 15.3 Å². The van der Waals surface area contributed by atoms with Crippen molar-refractivity contribution in [2.75, 3.05) is 13.6 Å². The van der Waals surface area contributed by atoms with Gasteiger partial charge in [-0.1, -0.05) is 12.8 Å². The third-order valence-electron chi connectivity index (χ3n) is 4.03. The Morgan fingerprint density at radius 2 is 1.58 bits per heavy atom. The highest BCUT2D eigenvalue weighted by Crippen LogP contribution is 2.38. The minimum atomic E-state index is -1.50. The third kappa shape index (κ3) is 5.34. The molecule has 1 fully saturated rings. The number of amidine groups is 1. The molecule has 0 aromatic carbocycles. The van der Waals surface area contributed by atoms with Gasteiger partial charge in [0.15, 0.2) is 0 Å². The smallest absolute Gasteiger partial charge is 0.291 e. The predicted molar refractivity (Wildman–Crippen MR) is 82.2 cm³/mol. The van der Waals surface area contributed by atoms with Crippen molar-refractivity contribution < 1.29 is 20.6 Å². The van der Waals surface area contributed by atoms with Crippen molar-refractivity contribution in [2.45, 2.75) is 31.2 Å². The second-order valence-corrected chi connectivity index (χ2v) is 5.34. The van der Waals surface area contributed by atoms with Crippen molar-refractivity contribution in [3.8, 4) is 0 Å². The second-order valence-electron chi connectivity index (χ2n) is 5.34. The molecule has 1 aliphatic carbocycles. The van der Waals surface area contributed by atoms with Crippen LogP contribution in [0.25, 0.3) is 0 Å². The lowest BCUT2D eigenvalue weighted by Crippen LogP contribution is -2.44. The van der Waals surface area contributed by atoms with Crippen LogP contribution in [0.4, 0.5) is 0 Å². The third-order valence-corrected chi connectivity index (χ3v) is 4.03. The molecule has 2 N–H and O–H groups in total. The maximum Gasteiger partial charge on any atom is 0.291 e. The van der Waals surface area contributed by atoms with E-state index in [9.17, 15) is 0 Å². The van der Waals surface area contributed by atoms with Crippen molar-refractivity contribution >= 4 is 5.84 Å². The maximum absolute atomic E-state index is 8.36. The van der Waals surface area contributed by atoms with Gasteiger partial charge >= 0.3 is 0 Å². The van der Waals surface area contributed by atoms with Crippen molar-refractivity contribution in [2.24, 2.45) is 4.99 Å². The highest BCUT2D eigenvalue weighted by molar-refractivity contribution is 6.00. The lowest BCUT2D eigenvalue weighted by atomic mass is 9.97. The Balaban J connectivity index is 0.000000306. The van der Waals surface area contributed by atoms with E-state index >= 15 is 0 Å². The summed E-state index contributed by atoms with van der Waals surface area (Å²) >= 11 is 0. The van der Waals surface area contributed by atoms with Gasteiger partial charge in [-0.25, -0.2) is 0 Å². The van der Waals surface area contributed by atoms with Gasteiger partial charge in [0.25, 0.3) is 10.2 Å². The Morgan fingerprint density at radius 3 is 2.04 bits per heavy atom. The van der Waals surface area contributed by atoms with Gasteiger partial charge in [0.1, 0.15) is 5.84 Å². The monoisotopic (exact) mass is 341 g/mol. The fourth-order valence-corrected chi connectivity index (χ4v) is 2.97. The zero-order valence-electron chi connectivity index (χ0n) is 13.1. The van der Waals surface area contributed by atoms with Crippen LogP contribution in [0.3, 0.4) is 0 Å². The van der Waals surface area contributed by atoms with E-state index in [4.69, 9.17) is 35.6 Å². The summed E-state index contributed by atoms with van der Waals surface area (Å²) in [5, 5.41) is 27.3. The van der Waals surface area contributed by atoms with Gasteiger partial charge in [0, 0.05) is 25.0 Å². The molecule has 11 nitrogen and oxygen atoms in total.